The standard InChI is InChI=1S/C15H14N2O/c1-9-8-10(2)13-14(12(9)16)18-15(17-13)11-6-4-3-5-7-11/h3-8H,16H2,1-2H3. The van der Waals surface area contributed by atoms with Crippen LogP contribution in [0.25, 0.3) is 22.6 Å². The summed E-state index contributed by atoms with van der Waals surface area (Å²) in [6.45, 7) is 4.00. The Labute approximate surface area is 105 Å². The van der Waals surface area contributed by atoms with E-state index in [0.717, 1.165) is 22.2 Å². The first-order valence-electron chi connectivity index (χ1n) is 5.88. The molecule has 2 aromatic carbocycles. The molecule has 3 aromatic rings. The van der Waals surface area contributed by atoms with Gasteiger partial charge >= 0.3 is 0 Å². The average Bonchev–Trinajstić information content (AvgIpc) is 2.83. The van der Waals surface area contributed by atoms with Gasteiger partial charge in [-0.05, 0) is 37.1 Å². The second kappa shape index (κ2) is 3.88. The Bertz CT molecular complexity index is 714. The van der Waals surface area contributed by atoms with E-state index in [4.69, 9.17) is 10.2 Å². The third kappa shape index (κ3) is 1.56. The molecule has 0 bridgehead atoms. The van der Waals surface area contributed by atoms with Gasteiger partial charge in [-0.3, -0.25) is 0 Å². The number of aromatic nitrogens is 1. The molecule has 3 heteroatoms. The Morgan fingerprint density at radius 3 is 2.50 bits per heavy atom. The fourth-order valence-corrected chi connectivity index (χ4v) is 2.12. The Kier molecular flexibility index (Phi) is 2.33. The van der Waals surface area contributed by atoms with Crippen molar-refractivity contribution in [2.75, 3.05) is 5.73 Å². The molecule has 0 saturated heterocycles. The lowest BCUT2D eigenvalue weighted by Crippen LogP contribution is -1.91. The van der Waals surface area contributed by atoms with Gasteiger partial charge in [-0.1, -0.05) is 24.3 Å². The molecule has 0 aliphatic rings. The van der Waals surface area contributed by atoms with Gasteiger partial charge in [-0.2, -0.15) is 0 Å². The molecule has 0 atom stereocenters. The number of hydrogen-bond donors (Lipinski definition) is 1. The summed E-state index contributed by atoms with van der Waals surface area (Å²) in [5.41, 5.74) is 11.3. The van der Waals surface area contributed by atoms with Crippen LogP contribution < -0.4 is 5.73 Å². The molecule has 0 amide bonds. The van der Waals surface area contributed by atoms with Gasteiger partial charge in [-0.15, -0.1) is 0 Å². The Balaban J connectivity index is 2.29. The molecule has 90 valence electrons. The van der Waals surface area contributed by atoms with Crippen molar-refractivity contribution in [3.05, 3.63) is 47.5 Å². The first-order valence-corrected chi connectivity index (χ1v) is 5.88. The molecule has 2 N–H and O–H groups in total. The molecular weight excluding hydrogens is 224 g/mol. The SMILES string of the molecule is Cc1cc(C)c2nc(-c3ccccc3)oc2c1N. The fraction of sp³-hybridized carbons (Fsp3) is 0.133. The minimum absolute atomic E-state index is 0.617. The van der Waals surface area contributed by atoms with Crippen molar-refractivity contribution in [3.8, 4) is 11.5 Å². The van der Waals surface area contributed by atoms with Gasteiger partial charge in [0.1, 0.15) is 5.52 Å². The maximum absolute atomic E-state index is 6.04. The lowest BCUT2D eigenvalue weighted by Gasteiger charge is -2.01. The third-order valence-electron chi connectivity index (χ3n) is 3.12. The number of aryl methyl sites for hydroxylation is 2. The van der Waals surface area contributed by atoms with Gasteiger partial charge in [0.2, 0.25) is 5.89 Å². The predicted molar refractivity (Wildman–Crippen MR) is 73.3 cm³/mol. The van der Waals surface area contributed by atoms with Crippen LogP contribution in [0.2, 0.25) is 0 Å². The van der Waals surface area contributed by atoms with Gasteiger partial charge in [0.15, 0.2) is 5.58 Å². The largest absolute Gasteiger partial charge is 0.434 e. The van der Waals surface area contributed by atoms with E-state index in [1.54, 1.807) is 0 Å². The van der Waals surface area contributed by atoms with Crippen molar-refractivity contribution in [1.29, 1.82) is 0 Å². The second-order valence-corrected chi connectivity index (χ2v) is 4.49. The van der Waals surface area contributed by atoms with E-state index in [1.807, 2.05) is 50.2 Å². The number of hydrogen-bond acceptors (Lipinski definition) is 3. The van der Waals surface area contributed by atoms with Crippen molar-refractivity contribution in [1.82, 2.24) is 4.98 Å². The van der Waals surface area contributed by atoms with Crippen LogP contribution in [0.15, 0.2) is 40.8 Å². The van der Waals surface area contributed by atoms with E-state index in [9.17, 15) is 0 Å². The van der Waals surface area contributed by atoms with Crippen molar-refractivity contribution >= 4 is 16.8 Å². The average molecular weight is 238 g/mol. The van der Waals surface area contributed by atoms with Gasteiger partial charge in [0, 0.05) is 5.56 Å². The molecule has 0 unspecified atom stereocenters. The number of nitrogen functional groups attached to an aromatic ring is 1. The Hall–Kier alpha value is -2.29. The summed E-state index contributed by atoms with van der Waals surface area (Å²) in [5.74, 6) is 0.617. The van der Waals surface area contributed by atoms with Crippen molar-refractivity contribution in [2.45, 2.75) is 13.8 Å². The molecule has 1 aromatic heterocycles. The summed E-state index contributed by atoms with van der Waals surface area (Å²) in [6, 6.07) is 11.9. The summed E-state index contributed by atoms with van der Waals surface area (Å²) in [5, 5.41) is 0. The molecule has 0 aliphatic heterocycles. The van der Waals surface area contributed by atoms with Crippen LogP contribution in [0, 0.1) is 13.8 Å². The first kappa shape index (κ1) is 10.8. The fourth-order valence-electron chi connectivity index (χ4n) is 2.12. The van der Waals surface area contributed by atoms with E-state index in [2.05, 4.69) is 4.98 Å². The van der Waals surface area contributed by atoms with Crippen LogP contribution in [0.1, 0.15) is 11.1 Å². The third-order valence-corrected chi connectivity index (χ3v) is 3.12. The molecule has 0 fully saturated rings. The molecule has 3 nitrogen and oxygen atoms in total. The molecule has 0 aliphatic carbocycles. The summed E-state index contributed by atoms with van der Waals surface area (Å²) in [6.07, 6.45) is 0. The molecular formula is C15H14N2O. The Morgan fingerprint density at radius 2 is 1.78 bits per heavy atom. The second-order valence-electron chi connectivity index (χ2n) is 4.49. The zero-order valence-corrected chi connectivity index (χ0v) is 10.4. The van der Waals surface area contributed by atoms with Crippen molar-refractivity contribution in [3.63, 3.8) is 0 Å². The van der Waals surface area contributed by atoms with Crippen LogP contribution in [0.3, 0.4) is 0 Å². The molecule has 1 heterocycles. The zero-order chi connectivity index (χ0) is 12.7. The summed E-state index contributed by atoms with van der Waals surface area (Å²) < 4.78 is 5.81. The summed E-state index contributed by atoms with van der Waals surface area (Å²) in [4.78, 5) is 4.54. The van der Waals surface area contributed by atoms with Gasteiger partial charge in [-0.25, -0.2) is 4.98 Å². The van der Waals surface area contributed by atoms with E-state index in [0.29, 0.717) is 17.2 Å². The Morgan fingerprint density at radius 1 is 1.06 bits per heavy atom. The van der Waals surface area contributed by atoms with Gasteiger partial charge in [0.25, 0.3) is 0 Å². The number of nitrogens with zero attached hydrogens (tertiary/aromatic N) is 1. The normalized spacial score (nSPS) is 11.0. The molecule has 18 heavy (non-hydrogen) atoms. The van der Waals surface area contributed by atoms with Crippen LogP contribution in [0.5, 0.6) is 0 Å². The molecule has 0 saturated carbocycles. The topological polar surface area (TPSA) is 52.0 Å². The molecule has 3 rings (SSSR count). The lowest BCUT2D eigenvalue weighted by atomic mass is 10.1. The highest BCUT2D eigenvalue weighted by Gasteiger charge is 2.13. The van der Waals surface area contributed by atoms with Crippen LogP contribution in [0.4, 0.5) is 5.69 Å². The minimum atomic E-state index is 0.617. The van der Waals surface area contributed by atoms with Crippen LogP contribution in [-0.2, 0) is 0 Å². The number of fused-ring (bicyclic) bond motifs is 1. The lowest BCUT2D eigenvalue weighted by molar-refractivity contribution is 0.621. The number of nitrogens with two attached hydrogens (primary N) is 1. The highest BCUT2D eigenvalue weighted by molar-refractivity contribution is 5.90. The minimum Gasteiger partial charge on any atom is -0.434 e. The van der Waals surface area contributed by atoms with E-state index in [-0.39, 0.29) is 0 Å². The monoisotopic (exact) mass is 238 g/mol. The molecule has 0 spiro atoms. The van der Waals surface area contributed by atoms with Crippen molar-refractivity contribution in [2.24, 2.45) is 0 Å². The predicted octanol–water partition coefficient (Wildman–Crippen LogP) is 3.69. The van der Waals surface area contributed by atoms with E-state index < -0.39 is 0 Å². The van der Waals surface area contributed by atoms with E-state index >= 15 is 0 Å². The summed E-state index contributed by atoms with van der Waals surface area (Å²) in [7, 11) is 0. The number of oxazole rings is 1. The van der Waals surface area contributed by atoms with Gasteiger partial charge < -0.3 is 10.2 Å². The highest BCUT2D eigenvalue weighted by Crippen LogP contribution is 2.31. The van der Waals surface area contributed by atoms with Crippen LogP contribution >= 0.6 is 0 Å². The zero-order valence-electron chi connectivity index (χ0n) is 10.4. The summed E-state index contributed by atoms with van der Waals surface area (Å²) >= 11 is 0. The number of anilines is 1. The molecule has 0 radical (unpaired) electrons. The number of rotatable bonds is 1. The quantitative estimate of drug-likeness (QED) is 0.658. The highest BCUT2D eigenvalue weighted by atomic mass is 16.3. The first-order chi connectivity index (χ1) is 8.66. The number of benzene rings is 2. The van der Waals surface area contributed by atoms with E-state index in [1.165, 1.54) is 0 Å². The smallest absolute Gasteiger partial charge is 0.227 e. The maximum Gasteiger partial charge on any atom is 0.227 e. The van der Waals surface area contributed by atoms with Gasteiger partial charge in [0.05, 0.1) is 5.69 Å². The van der Waals surface area contributed by atoms with Crippen LogP contribution in [-0.4, -0.2) is 4.98 Å². The maximum atomic E-state index is 6.04. The van der Waals surface area contributed by atoms with Crippen molar-refractivity contribution < 1.29 is 4.42 Å².